The molecule has 0 saturated carbocycles. The monoisotopic (exact) mass is 372 g/mol. The first-order valence-electron chi connectivity index (χ1n) is 8.65. The van der Waals surface area contributed by atoms with Crippen molar-refractivity contribution in [1.29, 1.82) is 0 Å². The number of benzene rings is 2. The van der Waals surface area contributed by atoms with Gasteiger partial charge in [0.15, 0.2) is 5.78 Å². The molecule has 1 unspecified atom stereocenters. The summed E-state index contributed by atoms with van der Waals surface area (Å²) in [7, 11) is 3.97. The number of nitrogens with one attached hydrogen (secondary N) is 1. The Hall–Kier alpha value is -2.17. The molecule has 0 fully saturated rings. The van der Waals surface area contributed by atoms with Gasteiger partial charge in [0.05, 0.1) is 6.04 Å². The number of Topliss-reactive ketones (excluding diaryl/α,β-unsaturated/α-hetero) is 1. The van der Waals surface area contributed by atoms with Crippen LogP contribution >= 0.6 is 11.6 Å². The van der Waals surface area contributed by atoms with E-state index in [4.69, 9.17) is 11.6 Å². The molecule has 2 aromatic rings. The van der Waals surface area contributed by atoms with Crippen molar-refractivity contribution in [1.82, 2.24) is 10.2 Å². The van der Waals surface area contributed by atoms with Crippen LogP contribution in [0.25, 0.3) is 0 Å². The zero-order chi connectivity index (χ0) is 19.1. The second-order valence-corrected chi connectivity index (χ2v) is 7.06. The Morgan fingerprint density at radius 2 is 1.62 bits per heavy atom. The topological polar surface area (TPSA) is 49.4 Å². The summed E-state index contributed by atoms with van der Waals surface area (Å²) < 4.78 is 0. The molecule has 0 aliphatic rings. The van der Waals surface area contributed by atoms with Crippen LogP contribution in [0.1, 0.15) is 40.4 Å². The fraction of sp³-hybridized carbons (Fsp3) is 0.333. The summed E-state index contributed by atoms with van der Waals surface area (Å²) in [6.07, 6.45) is 0.361. The van der Waals surface area contributed by atoms with Crippen molar-refractivity contribution in [2.75, 3.05) is 20.6 Å². The Morgan fingerprint density at radius 1 is 1.00 bits per heavy atom. The van der Waals surface area contributed by atoms with Gasteiger partial charge >= 0.3 is 0 Å². The minimum Gasteiger partial charge on any atom is -0.354 e. The van der Waals surface area contributed by atoms with Crippen LogP contribution in [0.2, 0.25) is 5.02 Å². The highest BCUT2D eigenvalue weighted by molar-refractivity contribution is 6.30. The molecule has 4 nitrogen and oxygen atoms in total. The van der Waals surface area contributed by atoms with Gasteiger partial charge in [0.25, 0.3) is 0 Å². The molecule has 2 aromatic carbocycles. The first-order valence-corrected chi connectivity index (χ1v) is 9.03. The van der Waals surface area contributed by atoms with E-state index < -0.39 is 0 Å². The summed E-state index contributed by atoms with van der Waals surface area (Å²) in [5.74, 6) is -0.175. The highest BCUT2D eigenvalue weighted by Crippen LogP contribution is 2.18. The molecule has 0 spiro atoms. The molecule has 1 amide bonds. The lowest BCUT2D eigenvalue weighted by molar-refractivity contribution is -0.121. The molecular weight excluding hydrogens is 348 g/mol. The number of hydrogen-bond acceptors (Lipinski definition) is 3. The van der Waals surface area contributed by atoms with E-state index in [2.05, 4.69) is 34.5 Å². The number of amides is 1. The molecule has 5 heteroatoms. The van der Waals surface area contributed by atoms with Crippen LogP contribution in [0.4, 0.5) is 0 Å². The van der Waals surface area contributed by atoms with Crippen LogP contribution in [0.5, 0.6) is 0 Å². The third kappa shape index (κ3) is 5.97. The van der Waals surface area contributed by atoms with Crippen LogP contribution in [-0.4, -0.2) is 37.2 Å². The standard InChI is InChI=1S/C21H25ClN2O2/c1-15-4-6-16(7-5-15)19(24(2)3)14-23-21(26)13-12-20(25)17-8-10-18(22)11-9-17/h4-11,19H,12-14H2,1-3H3,(H,23,26). The molecule has 138 valence electrons. The Kier molecular flexibility index (Phi) is 7.37. The third-order valence-corrected chi connectivity index (χ3v) is 4.58. The minimum absolute atomic E-state index is 0.0560. The summed E-state index contributed by atoms with van der Waals surface area (Å²) in [6, 6.07) is 15.1. The summed E-state index contributed by atoms with van der Waals surface area (Å²) >= 11 is 5.82. The highest BCUT2D eigenvalue weighted by Gasteiger charge is 2.16. The molecule has 0 heterocycles. The maximum absolute atomic E-state index is 12.1. The van der Waals surface area contributed by atoms with Crippen molar-refractivity contribution < 1.29 is 9.59 Å². The second kappa shape index (κ2) is 9.51. The predicted molar refractivity (Wildman–Crippen MR) is 106 cm³/mol. The van der Waals surface area contributed by atoms with Crippen LogP contribution in [0.3, 0.4) is 0 Å². The average Bonchev–Trinajstić information content (AvgIpc) is 2.61. The molecule has 0 bridgehead atoms. The largest absolute Gasteiger partial charge is 0.354 e. The smallest absolute Gasteiger partial charge is 0.220 e. The molecule has 1 N–H and O–H groups in total. The van der Waals surface area contributed by atoms with Gasteiger partial charge < -0.3 is 10.2 Å². The number of carbonyl (C=O) groups is 2. The van der Waals surface area contributed by atoms with Crippen molar-refractivity contribution in [2.24, 2.45) is 0 Å². The van der Waals surface area contributed by atoms with Crippen molar-refractivity contribution >= 4 is 23.3 Å². The lowest BCUT2D eigenvalue weighted by Gasteiger charge is -2.25. The number of halogens is 1. The fourth-order valence-electron chi connectivity index (χ4n) is 2.69. The number of ketones is 1. The molecule has 1 atom stereocenters. The third-order valence-electron chi connectivity index (χ3n) is 4.32. The van der Waals surface area contributed by atoms with Gasteiger partial charge in [0.1, 0.15) is 0 Å². The van der Waals surface area contributed by atoms with E-state index >= 15 is 0 Å². The highest BCUT2D eigenvalue weighted by atomic mass is 35.5. The molecule has 2 rings (SSSR count). The molecule has 26 heavy (non-hydrogen) atoms. The van der Waals surface area contributed by atoms with Crippen LogP contribution in [-0.2, 0) is 4.79 Å². The number of nitrogens with zero attached hydrogens (tertiary/aromatic N) is 1. The Morgan fingerprint density at radius 3 is 2.19 bits per heavy atom. The van der Waals surface area contributed by atoms with E-state index in [0.29, 0.717) is 17.1 Å². The van der Waals surface area contributed by atoms with E-state index in [1.54, 1.807) is 24.3 Å². The first kappa shape index (κ1) is 20.1. The quantitative estimate of drug-likeness (QED) is 0.712. The van der Waals surface area contributed by atoms with Gasteiger partial charge in [-0.15, -0.1) is 0 Å². The Labute approximate surface area is 160 Å². The molecule has 0 aliphatic carbocycles. The number of rotatable bonds is 8. The second-order valence-electron chi connectivity index (χ2n) is 6.62. The van der Waals surface area contributed by atoms with Gasteiger partial charge in [-0.25, -0.2) is 0 Å². The summed E-state index contributed by atoms with van der Waals surface area (Å²) in [5, 5.41) is 3.53. The van der Waals surface area contributed by atoms with Gasteiger partial charge in [-0.2, -0.15) is 0 Å². The van der Waals surface area contributed by atoms with Gasteiger partial charge in [-0.3, -0.25) is 9.59 Å². The van der Waals surface area contributed by atoms with Crippen molar-refractivity contribution in [2.45, 2.75) is 25.8 Å². The SMILES string of the molecule is Cc1ccc(C(CNC(=O)CCC(=O)c2ccc(Cl)cc2)N(C)C)cc1. The lowest BCUT2D eigenvalue weighted by atomic mass is 10.0. The van der Waals surface area contributed by atoms with Crippen LogP contribution < -0.4 is 5.32 Å². The van der Waals surface area contributed by atoms with Gasteiger partial charge in [-0.1, -0.05) is 41.4 Å². The van der Waals surface area contributed by atoms with Crippen molar-refractivity contribution in [3.8, 4) is 0 Å². The average molecular weight is 373 g/mol. The number of likely N-dealkylation sites (N-methyl/N-ethyl adjacent to an activating group) is 1. The van der Waals surface area contributed by atoms with Gasteiger partial charge in [0.2, 0.25) is 5.91 Å². The number of hydrogen-bond donors (Lipinski definition) is 1. The van der Waals surface area contributed by atoms with Crippen LogP contribution in [0, 0.1) is 6.92 Å². The Balaban J connectivity index is 1.85. The van der Waals surface area contributed by atoms with E-state index in [0.717, 1.165) is 5.56 Å². The van der Waals surface area contributed by atoms with Crippen molar-refractivity contribution in [3.05, 3.63) is 70.2 Å². The van der Waals surface area contributed by atoms with Gasteiger partial charge in [-0.05, 0) is 50.8 Å². The normalized spacial score (nSPS) is 12.0. The maximum Gasteiger partial charge on any atom is 0.220 e. The lowest BCUT2D eigenvalue weighted by Crippen LogP contribution is -2.34. The van der Waals surface area contributed by atoms with E-state index in [1.807, 2.05) is 21.0 Å². The molecule has 0 aromatic heterocycles. The first-order chi connectivity index (χ1) is 12.4. The van der Waals surface area contributed by atoms with Crippen LogP contribution in [0.15, 0.2) is 48.5 Å². The summed E-state index contributed by atoms with van der Waals surface area (Å²) in [6.45, 7) is 2.55. The molecule has 0 radical (unpaired) electrons. The maximum atomic E-state index is 12.1. The number of carbonyl (C=O) groups excluding carboxylic acids is 2. The van der Waals surface area contributed by atoms with E-state index in [9.17, 15) is 9.59 Å². The van der Waals surface area contributed by atoms with Crippen molar-refractivity contribution in [3.63, 3.8) is 0 Å². The summed E-state index contributed by atoms with van der Waals surface area (Å²) in [5.41, 5.74) is 2.93. The molecule has 0 aliphatic heterocycles. The Bertz CT molecular complexity index is 740. The minimum atomic E-state index is -0.119. The fourth-order valence-corrected chi connectivity index (χ4v) is 2.82. The van der Waals surface area contributed by atoms with E-state index in [1.165, 1.54) is 5.56 Å². The zero-order valence-electron chi connectivity index (χ0n) is 15.5. The van der Waals surface area contributed by atoms with Gasteiger partial charge in [0, 0.05) is 30.0 Å². The molecule has 0 saturated heterocycles. The molecular formula is C21H25ClN2O2. The number of aryl methyl sites for hydroxylation is 1. The zero-order valence-corrected chi connectivity index (χ0v) is 16.2. The summed E-state index contributed by atoms with van der Waals surface area (Å²) in [4.78, 5) is 26.3. The predicted octanol–water partition coefficient (Wildman–Crippen LogP) is 4.03. The van der Waals surface area contributed by atoms with E-state index in [-0.39, 0.29) is 30.6 Å².